The fraction of sp³-hybridized carbons (Fsp3) is 0.286. The molecule has 1 aliphatic carbocycles. The number of H-pyrrole nitrogens is 1. The second-order valence-corrected chi connectivity index (χ2v) is 7.34. The van der Waals surface area contributed by atoms with Crippen molar-refractivity contribution in [3.63, 3.8) is 0 Å². The summed E-state index contributed by atoms with van der Waals surface area (Å²) >= 11 is 0. The predicted octanol–water partition coefficient (Wildman–Crippen LogP) is 2.61. The van der Waals surface area contributed by atoms with Crippen LogP contribution in [-0.2, 0) is 0 Å². The monoisotopic (exact) mass is 416 g/mol. The summed E-state index contributed by atoms with van der Waals surface area (Å²) in [5.41, 5.74) is 3.33. The molecule has 1 aliphatic rings. The molecule has 1 fully saturated rings. The molecule has 10 heteroatoms. The third-order valence-corrected chi connectivity index (χ3v) is 5.25. The zero-order valence-electron chi connectivity index (χ0n) is 17.1. The molecule has 5 rings (SSSR count). The molecule has 0 radical (unpaired) electrons. The smallest absolute Gasteiger partial charge is 0.224 e. The Hall–Kier alpha value is -3.95. The Morgan fingerprint density at radius 1 is 1.06 bits per heavy atom. The summed E-state index contributed by atoms with van der Waals surface area (Å²) < 4.78 is 11.3. The molecule has 0 amide bonds. The van der Waals surface area contributed by atoms with Gasteiger partial charge in [0, 0.05) is 35.5 Å². The van der Waals surface area contributed by atoms with Gasteiger partial charge in [0.25, 0.3) is 0 Å². The number of nitrogens with zero attached hydrogens (tertiary/aromatic N) is 7. The van der Waals surface area contributed by atoms with Crippen LogP contribution in [0.2, 0.25) is 0 Å². The van der Waals surface area contributed by atoms with E-state index in [1.807, 2.05) is 31.2 Å². The second kappa shape index (κ2) is 8.05. The molecule has 4 aromatic rings. The van der Waals surface area contributed by atoms with Crippen molar-refractivity contribution >= 4 is 0 Å². The van der Waals surface area contributed by atoms with E-state index in [0.29, 0.717) is 41.7 Å². The molecule has 2 unspecified atom stereocenters. The maximum atomic E-state index is 6.12. The van der Waals surface area contributed by atoms with E-state index in [0.717, 1.165) is 29.0 Å². The largest absolute Gasteiger partial charge is 0.495 e. The van der Waals surface area contributed by atoms with E-state index in [9.17, 15) is 0 Å². The maximum Gasteiger partial charge on any atom is 0.224 e. The number of aromatic amines is 1. The van der Waals surface area contributed by atoms with Crippen molar-refractivity contribution in [2.24, 2.45) is 5.92 Å². The van der Waals surface area contributed by atoms with Gasteiger partial charge in [-0.05, 0) is 36.8 Å². The van der Waals surface area contributed by atoms with Gasteiger partial charge >= 0.3 is 0 Å². The number of tetrazole rings is 1. The van der Waals surface area contributed by atoms with E-state index in [1.165, 1.54) is 0 Å². The minimum Gasteiger partial charge on any atom is -0.495 e. The number of nitrogens with one attached hydrogen (secondary N) is 1. The first-order valence-electron chi connectivity index (χ1n) is 9.88. The van der Waals surface area contributed by atoms with Crippen LogP contribution in [0.15, 0.2) is 42.9 Å². The highest BCUT2D eigenvalue weighted by Crippen LogP contribution is 2.47. The Morgan fingerprint density at radius 3 is 2.71 bits per heavy atom. The normalized spacial score (nSPS) is 17.4. The van der Waals surface area contributed by atoms with E-state index in [4.69, 9.17) is 9.47 Å². The van der Waals surface area contributed by atoms with Gasteiger partial charge in [-0.2, -0.15) is 10.2 Å². The van der Waals surface area contributed by atoms with Crippen molar-refractivity contribution in [1.29, 1.82) is 0 Å². The van der Waals surface area contributed by atoms with E-state index in [-0.39, 0.29) is 0 Å². The summed E-state index contributed by atoms with van der Waals surface area (Å²) in [5.74, 6) is 3.21. The number of aryl methyl sites for hydroxylation is 1. The number of hydrogen-bond donors (Lipinski definition) is 1. The van der Waals surface area contributed by atoms with Gasteiger partial charge in [-0.1, -0.05) is 6.07 Å². The molecule has 31 heavy (non-hydrogen) atoms. The van der Waals surface area contributed by atoms with Crippen LogP contribution >= 0.6 is 0 Å². The minimum absolute atomic E-state index is 0.396. The fourth-order valence-electron chi connectivity index (χ4n) is 3.42. The molecule has 1 saturated carbocycles. The molecule has 2 atom stereocenters. The zero-order chi connectivity index (χ0) is 21.2. The van der Waals surface area contributed by atoms with Crippen molar-refractivity contribution < 1.29 is 9.47 Å². The van der Waals surface area contributed by atoms with Gasteiger partial charge in [0.1, 0.15) is 17.3 Å². The lowest BCUT2D eigenvalue weighted by molar-refractivity contribution is 0.285. The highest BCUT2D eigenvalue weighted by molar-refractivity contribution is 5.68. The molecule has 4 aromatic heterocycles. The third-order valence-electron chi connectivity index (χ3n) is 5.25. The Labute approximate surface area is 178 Å². The number of hydrogen-bond acceptors (Lipinski definition) is 9. The van der Waals surface area contributed by atoms with Crippen molar-refractivity contribution in [2.45, 2.75) is 19.3 Å². The van der Waals surface area contributed by atoms with Crippen LogP contribution < -0.4 is 9.47 Å². The third kappa shape index (κ3) is 4.04. The standard InChI is InChI=1S/C21H20N8O2/c1-12-22-10-17(13-3-5-19(23-8-13)20-26-28-29-27-20)21(25-12)31-11-14-7-16(14)18-6-4-15(30-2)9-24-18/h3-6,8-10,14,16H,7,11H2,1-2H3,(H,26,27,28,29). The van der Waals surface area contributed by atoms with E-state index >= 15 is 0 Å². The quantitative estimate of drug-likeness (QED) is 0.484. The Balaban J connectivity index is 1.29. The lowest BCUT2D eigenvalue weighted by Gasteiger charge is -2.11. The van der Waals surface area contributed by atoms with Crippen LogP contribution in [0, 0.1) is 12.8 Å². The van der Waals surface area contributed by atoms with Gasteiger partial charge in [-0.25, -0.2) is 4.98 Å². The van der Waals surface area contributed by atoms with Gasteiger partial charge in [-0.3, -0.25) is 9.97 Å². The summed E-state index contributed by atoms with van der Waals surface area (Å²) in [4.78, 5) is 17.8. The average Bonchev–Trinajstić information content (AvgIpc) is 3.38. The van der Waals surface area contributed by atoms with Gasteiger partial charge in [-0.15, -0.1) is 10.2 Å². The number of pyridine rings is 2. The van der Waals surface area contributed by atoms with Gasteiger partial charge in [0.2, 0.25) is 11.7 Å². The second-order valence-electron chi connectivity index (χ2n) is 7.34. The first kappa shape index (κ1) is 19.0. The molecule has 0 saturated heterocycles. The van der Waals surface area contributed by atoms with Gasteiger partial charge < -0.3 is 9.47 Å². The molecule has 156 valence electrons. The molecule has 0 aliphatic heterocycles. The number of aromatic nitrogens is 8. The molecule has 0 spiro atoms. The zero-order valence-corrected chi connectivity index (χ0v) is 17.1. The molecule has 1 N–H and O–H groups in total. The van der Waals surface area contributed by atoms with Crippen LogP contribution in [0.5, 0.6) is 11.6 Å². The first-order chi connectivity index (χ1) is 15.2. The van der Waals surface area contributed by atoms with Crippen LogP contribution in [0.25, 0.3) is 22.6 Å². The number of ether oxygens (including phenoxy) is 2. The molecular weight excluding hydrogens is 396 g/mol. The van der Waals surface area contributed by atoms with Crippen LogP contribution in [0.3, 0.4) is 0 Å². The molecule has 0 bridgehead atoms. The summed E-state index contributed by atoms with van der Waals surface area (Å²) in [7, 11) is 1.64. The molecular formula is C21H20N8O2. The van der Waals surface area contributed by atoms with Gasteiger partial charge in [0.05, 0.1) is 25.5 Å². The van der Waals surface area contributed by atoms with Crippen LogP contribution in [-0.4, -0.2) is 54.3 Å². The van der Waals surface area contributed by atoms with Gasteiger partial charge in [0.15, 0.2) is 0 Å². The van der Waals surface area contributed by atoms with E-state index in [1.54, 1.807) is 25.7 Å². The molecule has 4 heterocycles. The minimum atomic E-state index is 0.396. The fourth-order valence-corrected chi connectivity index (χ4v) is 3.42. The lowest BCUT2D eigenvalue weighted by Crippen LogP contribution is -2.05. The van der Waals surface area contributed by atoms with Crippen molar-refractivity contribution in [3.05, 3.63) is 54.4 Å². The summed E-state index contributed by atoms with van der Waals surface area (Å²) in [6, 6.07) is 7.70. The number of rotatable bonds is 7. The highest BCUT2D eigenvalue weighted by atomic mass is 16.5. The SMILES string of the molecule is COc1ccc(C2CC2COc2nc(C)ncc2-c2ccc(-c3nn[nH]n3)nc2)nc1. The van der Waals surface area contributed by atoms with Crippen LogP contribution in [0.1, 0.15) is 23.9 Å². The van der Waals surface area contributed by atoms with E-state index in [2.05, 4.69) is 40.6 Å². The summed E-state index contributed by atoms with van der Waals surface area (Å²) in [6.07, 6.45) is 6.29. The predicted molar refractivity (Wildman–Crippen MR) is 110 cm³/mol. The highest BCUT2D eigenvalue weighted by Gasteiger charge is 2.40. The lowest BCUT2D eigenvalue weighted by atomic mass is 10.1. The van der Waals surface area contributed by atoms with Crippen molar-refractivity contribution in [3.8, 4) is 34.3 Å². The Kier molecular flexibility index (Phi) is 4.95. The molecule has 0 aromatic carbocycles. The number of methoxy groups -OCH3 is 1. The summed E-state index contributed by atoms with van der Waals surface area (Å²) in [5, 5.41) is 13.9. The van der Waals surface area contributed by atoms with E-state index < -0.39 is 0 Å². The van der Waals surface area contributed by atoms with Crippen molar-refractivity contribution in [1.82, 2.24) is 40.6 Å². The molecule has 10 nitrogen and oxygen atoms in total. The topological polar surface area (TPSA) is 124 Å². The summed E-state index contributed by atoms with van der Waals surface area (Å²) in [6.45, 7) is 2.41. The van der Waals surface area contributed by atoms with Crippen LogP contribution in [0.4, 0.5) is 0 Å². The maximum absolute atomic E-state index is 6.12. The Morgan fingerprint density at radius 2 is 2.00 bits per heavy atom. The Bertz CT molecular complexity index is 1160. The first-order valence-corrected chi connectivity index (χ1v) is 9.88. The average molecular weight is 416 g/mol. The van der Waals surface area contributed by atoms with Crippen molar-refractivity contribution in [2.75, 3.05) is 13.7 Å².